The van der Waals surface area contributed by atoms with Crippen LogP contribution in [0.25, 0.3) is 0 Å². The molecule has 1 aromatic carbocycles. The highest BCUT2D eigenvalue weighted by molar-refractivity contribution is 6.30. The highest BCUT2D eigenvalue weighted by Crippen LogP contribution is 2.14. The summed E-state index contributed by atoms with van der Waals surface area (Å²) >= 11 is 5.87. The molecular formula is C12H17ClN+. The quantitative estimate of drug-likeness (QED) is 0.763. The molecule has 1 unspecified atom stereocenters. The van der Waals surface area contributed by atoms with Crippen LogP contribution in [0.4, 0.5) is 0 Å². The summed E-state index contributed by atoms with van der Waals surface area (Å²) in [4.78, 5) is 1.72. The largest absolute Gasteiger partial charge is 0.329 e. The van der Waals surface area contributed by atoms with Crippen molar-refractivity contribution in [2.75, 3.05) is 13.1 Å². The Morgan fingerprint density at radius 2 is 1.71 bits per heavy atom. The fraction of sp³-hybridized carbons (Fsp3) is 0.500. The van der Waals surface area contributed by atoms with Gasteiger partial charge in [-0.2, -0.15) is 0 Å². The molecule has 76 valence electrons. The van der Waals surface area contributed by atoms with E-state index in [0.29, 0.717) is 6.04 Å². The Hall–Kier alpha value is -0.530. The molecule has 0 spiro atoms. The van der Waals surface area contributed by atoms with E-state index >= 15 is 0 Å². The van der Waals surface area contributed by atoms with Crippen LogP contribution in [0.1, 0.15) is 31.4 Å². The van der Waals surface area contributed by atoms with Gasteiger partial charge in [0.2, 0.25) is 0 Å². The maximum Gasteiger partial charge on any atom is 0.110 e. The fourth-order valence-electron chi connectivity index (χ4n) is 2.25. The van der Waals surface area contributed by atoms with Crippen molar-refractivity contribution in [1.29, 1.82) is 0 Å². The van der Waals surface area contributed by atoms with E-state index in [-0.39, 0.29) is 0 Å². The molecule has 2 heteroatoms. The zero-order valence-corrected chi connectivity index (χ0v) is 9.35. The van der Waals surface area contributed by atoms with Gasteiger partial charge in [-0.25, -0.2) is 0 Å². The van der Waals surface area contributed by atoms with Crippen LogP contribution in [0, 0.1) is 0 Å². The lowest BCUT2D eigenvalue weighted by molar-refractivity contribution is -0.917. The monoisotopic (exact) mass is 210 g/mol. The van der Waals surface area contributed by atoms with E-state index in [1.165, 1.54) is 31.5 Å². The first-order valence-corrected chi connectivity index (χ1v) is 5.75. The van der Waals surface area contributed by atoms with Crippen molar-refractivity contribution in [2.24, 2.45) is 0 Å². The third kappa shape index (κ3) is 2.10. The number of halogens is 1. The molecule has 1 fully saturated rings. The summed E-state index contributed by atoms with van der Waals surface area (Å²) < 4.78 is 0. The normalized spacial score (nSPS) is 19.9. The lowest BCUT2D eigenvalue weighted by atomic mass is 10.1. The van der Waals surface area contributed by atoms with Gasteiger partial charge in [-0.05, 0) is 19.1 Å². The van der Waals surface area contributed by atoms with Gasteiger partial charge in [-0.15, -0.1) is 0 Å². The van der Waals surface area contributed by atoms with Gasteiger partial charge in [-0.3, -0.25) is 0 Å². The summed E-state index contributed by atoms with van der Waals surface area (Å²) in [6, 6.07) is 8.90. The van der Waals surface area contributed by atoms with E-state index in [0.717, 1.165) is 5.02 Å². The molecule has 1 heterocycles. The Labute approximate surface area is 90.7 Å². The Morgan fingerprint density at radius 3 is 2.29 bits per heavy atom. The molecule has 1 atom stereocenters. The van der Waals surface area contributed by atoms with Gasteiger partial charge in [0, 0.05) is 23.4 Å². The average molecular weight is 211 g/mol. The molecule has 0 amide bonds. The number of likely N-dealkylation sites (tertiary alicyclic amines) is 1. The first-order valence-electron chi connectivity index (χ1n) is 5.37. The molecule has 0 aromatic heterocycles. The molecule has 0 saturated carbocycles. The number of nitrogens with one attached hydrogen (secondary N) is 1. The first-order chi connectivity index (χ1) is 6.77. The van der Waals surface area contributed by atoms with E-state index in [4.69, 9.17) is 11.6 Å². The SMILES string of the molecule is CC(c1ccc(Cl)cc1)[NH+]1CCCC1. The molecule has 1 aliphatic heterocycles. The maximum atomic E-state index is 5.87. The van der Waals surface area contributed by atoms with Crippen molar-refractivity contribution in [3.05, 3.63) is 34.9 Å². The van der Waals surface area contributed by atoms with Crippen molar-refractivity contribution in [2.45, 2.75) is 25.8 Å². The Morgan fingerprint density at radius 1 is 1.14 bits per heavy atom. The molecule has 0 aliphatic carbocycles. The summed E-state index contributed by atoms with van der Waals surface area (Å²) in [5, 5.41) is 0.831. The van der Waals surface area contributed by atoms with Gasteiger partial charge in [0.1, 0.15) is 6.04 Å². The second kappa shape index (κ2) is 4.33. The van der Waals surface area contributed by atoms with Gasteiger partial charge in [0.15, 0.2) is 0 Å². The van der Waals surface area contributed by atoms with E-state index in [1.54, 1.807) is 4.90 Å². The van der Waals surface area contributed by atoms with Crippen molar-refractivity contribution in [3.8, 4) is 0 Å². The second-order valence-electron chi connectivity index (χ2n) is 4.14. The van der Waals surface area contributed by atoms with Gasteiger partial charge >= 0.3 is 0 Å². The number of quaternary nitrogens is 1. The summed E-state index contributed by atoms with van der Waals surface area (Å²) in [5.41, 5.74) is 1.41. The predicted molar refractivity (Wildman–Crippen MR) is 59.8 cm³/mol. The maximum absolute atomic E-state index is 5.87. The highest BCUT2D eigenvalue weighted by Gasteiger charge is 2.22. The van der Waals surface area contributed by atoms with Crippen LogP contribution in [0.5, 0.6) is 0 Å². The average Bonchev–Trinajstić information content (AvgIpc) is 2.71. The summed E-state index contributed by atoms with van der Waals surface area (Å²) in [6.45, 7) is 4.96. The van der Waals surface area contributed by atoms with Crippen LogP contribution in [-0.2, 0) is 0 Å². The van der Waals surface area contributed by atoms with Crippen LogP contribution in [-0.4, -0.2) is 13.1 Å². The van der Waals surface area contributed by atoms with Crippen LogP contribution < -0.4 is 4.90 Å². The van der Waals surface area contributed by atoms with Crippen LogP contribution in [0.3, 0.4) is 0 Å². The third-order valence-corrected chi connectivity index (χ3v) is 3.48. The summed E-state index contributed by atoms with van der Waals surface area (Å²) in [5.74, 6) is 0. The molecular weight excluding hydrogens is 194 g/mol. The highest BCUT2D eigenvalue weighted by atomic mass is 35.5. The smallest absolute Gasteiger partial charge is 0.110 e. The molecule has 1 N–H and O–H groups in total. The number of rotatable bonds is 2. The lowest BCUT2D eigenvalue weighted by Gasteiger charge is -2.20. The lowest BCUT2D eigenvalue weighted by Crippen LogP contribution is -3.09. The molecule has 1 nitrogen and oxygen atoms in total. The van der Waals surface area contributed by atoms with Crippen LogP contribution >= 0.6 is 11.6 Å². The molecule has 1 aliphatic rings. The van der Waals surface area contributed by atoms with Crippen molar-refractivity contribution < 1.29 is 4.90 Å². The van der Waals surface area contributed by atoms with E-state index < -0.39 is 0 Å². The standard InChI is InChI=1S/C12H16ClN/c1-10(14-8-2-3-9-14)11-4-6-12(13)7-5-11/h4-7,10H,2-3,8-9H2,1H3/p+1. The number of hydrogen-bond donors (Lipinski definition) is 1. The Bertz CT molecular complexity index is 288. The van der Waals surface area contributed by atoms with E-state index in [2.05, 4.69) is 19.1 Å². The third-order valence-electron chi connectivity index (χ3n) is 3.23. The molecule has 1 aromatic rings. The molecule has 0 bridgehead atoms. The van der Waals surface area contributed by atoms with Crippen molar-refractivity contribution in [3.63, 3.8) is 0 Å². The molecule has 0 radical (unpaired) electrons. The van der Waals surface area contributed by atoms with Crippen LogP contribution in [0.2, 0.25) is 5.02 Å². The Kier molecular flexibility index (Phi) is 3.09. The zero-order chi connectivity index (χ0) is 9.97. The topological polar surface area (TPSA) is 4.44 Å². The molecule has 2 rings (SSSR count). The van der Waals surface area contributed by atoms with Crippen molar-refractivity contribution in [1.82, 2.24) is 0 Å². The summed E-state index contributed by atoms with van der Waals surface area (Å²) in [6.07, 6.45) is 2.76. The minimum Gasteiger partial charge on any atom is -0.329 e. The van der Waals surface area contributed by atoms with Gasteiger partial charge < -0.3 is 4.90 Å². The van der Waals surface area contributed by atoms with Crippen molar-refractivity contribution >= 4 is 11.6 Å². The second-order valence-corrected chi connectivity index (χ2v) is 4.58. The fourth-order valence-corrected chi connectivity index (χ4v) is 2.38. The first kappa shape index (κ1) is 10.0. The minimum atomic E-state index is 0.620. The zero-order valence-electron chi connectivity index (χ0n) is 8.59. The minimum absolute atomic E-state index is 0.620. The molecule has 14 heavy (non-hydrogen) atoms. The number of hydrogen-bond acceptors (Lipinski definition) is 0. The van der Waals surface area contributed by atoms with Gasteiger partial charge in [0.25, 0.3) is 0 Å². The van der Waals surface area contributed by atoms with E-state index in [1.807, 2.05) is 12.1 Å². The van der Waals surface area contributed by atoms with Gasteiger partial charge in [-0.1, -0.05) is 23.7 Å². The predicted octanol–water partition coefficient (Wildman–Crippen LogP) is 2.08. The summed E-state index contributed by atoms with van der Waals surface area (Å²) in [7, 11) is 0. The van der Waals surface area contributed by atoms with Crippen LogP contribution in [0.15, 0.2) is 24.3 Å². The van der Waals surface area contributed by atoms with E-state index in [9.17, 15) is 0 Å². The molecule has 1 saturated heterocycles. The van der Waals surface area contributed by atoms with Gasteiger partial charge in [0.05, 0.1) is 13.1 Å². The Balaban J connectivity index is 2.09. The number of benzene rings is 1.